The lowest BCUT2D eigenvalue weighted by Gasteiger charge is -2.12. The fourth-order valence-electron chi connectivity index (χ4n) is 2.33. The van der Waals surface area contributed by atoms with Crippen LogP contribution in [0.25, 0.3) is 0 Å². The molecule has 6 nitrogen and oxygen atoms in total. The van der Waals surface area contributed by atoms with E-state index in [9.17, 15) is 13.2 Å². The average Bonchev–Trinajstić information content (AvgIpc) is 2.56. The standard InChI is InChI=1S/C18H23N3O3S/c1-25(23,24)20-13-7-12-19-18(22)21-17-11-6-5-10-16(17)14-15-8-3-2-4-9-15/h2-6,8-11,20H,7,12-14H2,1H3,(H2,19,21,22). The van der Waals surface area contributed by atoms with Crippen LogP contribution in [0.1, 0.15) is 17.5 Å². The molecule has 0 aliphatic heterocycles. The van der Waals surface area contributed by atoms with Gasteiger partial charge in [-0.3, -0.25) is 0 Å². The van der Waals surface area contributed by atoms with E-state index in [1.807, 2.05) is 54.6 Å². The maximum Gasteiger partial charge on any atom is 0.319 e. The van der Waals surface area contributed by atoms with E-state index in [0.717, 1.165) is 23.9 Å². The van der Waals surface area contributed by atoms with Gasteiger partial charge in [-0.1, -0.05) is 48.5 Å². The van der Waals surface area contributed by atoms with Gasteiger partial charge in [0.05, 0.1) is 6.26 Å². The molecule has 134 valence electrons. The van der Waals surface area contributed by atoms with Gasteiger partial charge in [0.1, 0.15) is 0 Å². The molecule has 2 aromatic carbocycles. The van der Waals surface area contributed by atoms with Crippen LogP contribution in [0.4, 0.5) is 10.5 Å². The van der Waals surface area contributed by atoms with Crippen LogP contribution in [0.15, 0.2) is 54.6 Å². The molecule has 0 saturated heterocycles. The number of benzene rings is 2. The van der Waals surface area contributed by atoms with Crippen LogP contribution >= 0.6 is 0 Å². The van der Waals surface area contributed by atoms with Crippen LogP contribution in [0, 0.1) is 0 Å². The highest BCUT2D eigenvalue weighted by Crippen LogP contribution is 2.18. The SMILES string of the molecule is CS(=O)(=O)NCCCNC(=O)Nc1ccccc1Cc1ccccc1. The van der Waals surface area contributed by atoms with Crippen LogP contribution in [0.3, 0.4) is 0 Å². The summed E-state index contributed by atoms with van der Waals surface area (Å²) in [5.41, 5.74) is 2.96. The van der Waals surface area contributed by atoms with Crippen molar-refractivity contribution in [3.05, 3.63) is 65.7 Å². The third kappa shape index (κ3) is 7.36. The summed E-state index contributed by atoms with van der Waals surface area (Å²) in [4.78, 5) is 12.0. The third-order valence-corrected chi connectivity index (χ3v) is 4.23. The monoisotopic (exact) mass is 361 g/mol. The molecule has 0 saturated carbocycles. The molecular formula is C18H23N3O3S. The quantitative estimate of drug-likeness (QED) is 0.631. The van der Waals surface area contributed by atoms with Crippen molar-refractivity contribution >= 4 is 21.7 Å². The zero-order valence-corrected chi connectivity index (χ0v) is 15.0. The fraction of sp³-hybridized carbons (Fsp3) is 0.278. The summed E-state index contributed by atoms with van der Waals surface area (Å²) in [6, 6.07) is 17.4. The number of hydrogen-bond acceptors (Lipinski definition) is 3. The minimum Gasteiger partial charge on any atom is -0.338 e. The molecule has 0 radical (unpaired) electrons. The number of nitrogens with one attached hydrogen (secondary N) is 3. The first-order valence-electron chi connectivity index (χ1n) is 8.05. The molecule has 0 fully saturated rings. The van der Waals surface area contributed by atoms with E-state index < -0.39 is 10.0 Å². The van der Waals surface area contributed by atoms with Gasteiger partial charge in [-0.25, -0.2) is 17.9 Å². The summed E-state index contributed by atoms with van der Waals surface area (Å²) in [5.74, 6) is 0. The summed E-state index contributed by atoms with van der Waals surface area (Å²) in [7, 11) is -3.19. The molecule has 0 atom stereocenters. The molecule has 0 aliphatic rings. The summed E-state index contributed by atoms with van der Waals surface area (Å²) < 4.78 is 24.3. The van der Waals surface area contributed by atoms with Gasteiger partial charge >= 0.3 is 6.03 Å². The Morgan fingerprint density at radius 2 is 1.64 bits per heavy atom. The number of urea groups is 1. The molecule has 2 aromatic rings. The maximum atomic E-state index is 12.0. The lowest BCUT2D eigenvalue weighted by atomic mass is 10.0. The van der Waals surface area contributed by atoms with Gasteiger partial charge < -0.3 is 10.6 Å². The zero-order chi connectivity index (χ0) is 18.1. The molecule has 0 bridgehead atoms. The van der Waals surface area contributed by atoms with Crippen molar-refractivity contribution in [1.29, 1.82) is 0 Å². The second-order valence-electron chi connectivity index (χ2n) is 5.72. The predicted octanol–water partition coefficient (Wildman–Crippen LogP) is 2.34. The highest BCUT2D eigenvalue weighted by Gasteiger charge is 2.07. The molecule has 0 aromatic heterocycles. The number of sulfonamides is 1. The Morgan fingerprint density at radius 3 is 2.36 bits per heavy atom. The van der Waals surface area contributed by atoms with Crippen LogP contribution in [0.5, 0.6) is 0 Å². The van der Waals surface area contributed by atoms with E-state index in [1.54, 1.807) is 0 Å². The number of carbonyl (C=O) groups excluding carboxylic acids is 1. The molecule has 2 amide bonds. The predicted molar refractivity (Wildman–Crippen MR) is 100 cm³/mol. The average molecular weight is 361 g/mol. The van der Waals surface area contributed by atoms with Crippen LogP contribution in [-0.4, -0.2) is 33.8 Å². The molecule has 0 spiro atoms. The Morgan fingerprint density at radius 1 is 0.960 bits per heavy atom. The molecule has 2 rings (SSSR count). The second kappa shape index (κ2) is 9.19. The lowest BCUT2D eigenvalue weighted by Crippen LogP contribution is -2.32. The molecular weight excluding hydrogens is 338 g/mol. The van der Waals surface area contributed by atoms with Gasteiger partial charge in [0.2, 0.25) is 10.0 Å². The Labute approximate surface area is 148 Å². The van der Waals surface area contributed by atoms with Crippen molar-refractivity contribution < 1.29 is 13.2 Å². The van der Waals surface area contributed by atoms with E-state index >= 15 is 0 Å². The number of hydrogen-bond donors (Lipinski definition) is 3. The van der Waals surface area contributed by atoms with Gasteiger partial charge in [-0.15, -0.1) is 0 Å². The Hall–Kier alpha value is -2.38. The third-order valence-electron chi connectivity index (χ3n) is 3.51. The van der Waals surface area contributed by atoms with E-state index in [4.69, 9.17) is 0 Å². The highest BCUT2D eigenvalue weighted by molar-refractivity contribution is 7.88. The largest absolute Gasteiger partial charge is 0.338 e. The smallest absolute Gasteiger partial charge is 0.319 e. The maximum absolute atomic E-state index is 12.0. The summed E-state index contributed by atoms with van der Waals surface area (Å²) >= 11 is 0. The lowest BCUT2D eigenvalue weighted by molar-refractivity contribution is 0.252. The number of rotatable bonds is 8. The molecule has 25 heavy (non-hydrogen) atoms. The fourth-order valence-corrected chi connectivity index (χ4v) is 2.84. The first kappa shape index (κ1) is 19.0. The Kier molecular flexibility index (Phi) is 6.97. The first-order valence-corrected chi connectivity index (χ1v) is 9.94. The van der Waals surface area contributed by atoms with Gasteiger partial charge in [-0.05, 0) is 30.0 Å². The van der Waals surface area contributed by atoms with Crippen LogP contribution < -0.4 is 15.4 Å². The topological polar surface area (TPSA) is 87.3 Å². The molecule has 7 heteroatoms. The molecule has 0 unspecified atom stereocenters. The van der Waals surface area contributed by atoms with Crippen molar-refractivity contribution in [2.24, 2.45) is 0 Å². The van der Waals surface area contributed by atoms with Crippen LogP contribution in [0.2, 0.25) is 0 Å². The minimum absolute atomic E-state index is 0.295. The van der Waals surface area contributed by atoms with Crippen molar-refractivity contribution in [3.63, 3.8) is 0 Å². The van der Waals surface area contributed by atoms with Crippen molar-refractivity contribution in [2.75, 3.05) is 24.7 Å². The van der Waals surface area contributed by atoms with E-state index in [0.29, 0.717) is 19.5 Å². The van der Waals surface area contributed by atoms with Crippen molar-refractivity contribution in [2.45, 2.75) is 12.8 Å². The first-order chi connectivity index (χ1) is 11.9. The molecule has 0 aliphatic carbocycles. The van der Waals surface area contributed by atoms with Crippen LogP contribution in [-0.2, 0) is 16.4 Å². The zero-order valence-electron chi connectivity index (χ0n) is 14.2. The Balaban J connectivity index is 1.84. The minimum atomic E-state index is -3.19. The van der Waals surface area contributed by atoms with Crippen molar-refractivity contribution in [1.82, 2.24) is 10.0 Å². The van der Waals surface area contributed by atoms with Gasteiger partial charge in [0, 0.05) is 18.8 Å². The number of anilines is 1. The van der Waals surface area contributed by atoms with E-state index in [1.165, 1.54) is 5.56 Å². The number of para-hydroxylation sites is 1. The number of amides is 2. The molecule has 0 heterocycles. The van der Waals surface area contributed by atoms with E-state index in [2.05, 4.69) is 15.4 Å². The second-order valence-corrected chi connectivity index (χ2v) is 7.55. The van der Waals surface area contributed by atoms with Crippen molar-refractivity contribution in [3.8, 4) is 0 Å². The molecule has 3 N–H and O–H groups in total. The Bertz CT molecular complexity index is 792. The van der Waals surface area contributed by atoms with E-state index in [-0.39, 0.29) is 6.03 Å². The van der Waals surface area contributed by atoms with Gasteiger partial charge in [0.25, 0.3) is 0 Å². The highest BCUT2D eigenvalue weighted by atomic mass is 32.2. The normalized spacial score (nSPS) is 11.1. The summed E-state index contributed by atoms with van der Waals surface area (Å²) in [6.45, 7) is 0.679. The van der Waals surface area contributed by atoms with Gasteiger partial charge in [0.15, 0.2) is 0 Å². The summed E-state index contributed by atoms with van der Waals surface area (Å²) in [6.07, 6.45) is 2.36. The van der Waals surface area contributed by atoms with Gasteiger partial charge in [-0.2, -0.15) is 0 Å². The number of carbonyl (C=O) groups is 1. The summed E-state index contributed by atoms with van der Waals surface area (Å²) in [5, 5.41) is 5.57.